The molecule has 4 fully saturated rings. The van der Waals surface area contributed by atoms with Gasteiger partial charge in [0.15, 0.2) is 5.78 Å². The Balaban J connectivity index is 1.26. The second-order valence-corrected chi connectivity index (χ2v) is 19.0. The molecule has 10 heteroatoms. The number of carbonyl (C=O) groups excluding carboxylic acids is 3. The van der Waals surface area contributed by atoms with E-state index in [4.69, 9.17) is 4.74 Å². The van der Waals surface area contributed by atoms with Crippen molar-refractivity contribution >= 4 is 23.8 Å². The fourth-order valence-corrected chi connectivity index (χ4v) is 12.4. The number of ether oxygens (including phenoxy) is 1. The number of ketones is 1. The van der Waals surface area contributed by atoms with Crippen LogP contribution in [0.1, 0.15) is 132 Å². The van der Waals surface area contributed by atoms with Crippen LogP contribution >= 0.6 is 0 Å². The maximum atomic E-state index is 13.9. The van der Waals surface area contributed by atoms with E-state index < -0.39 is 22.9 Å². The van der Waals surface area contributed by atoms with E-state index >= 15 is 0 Å². The van der Waals surface area contributed by atoms with E-state index in [-0.39, 0.29) is 64.4 Å². The Labute approximate surface area is 303 Å². The van der Waals surface area contributed by atoms with Crippen molar-refractivity contribution in [3.63, 3.8) is 0 Å². The van der Waals surface area contributed by atoms with Crippen molar-refractivity contribution < 1.29 is 29.0 Å². The lowest BCUT2D eigenvalue weighted by Gasteiger charge is -2.72. The third-order valence-corrected chi connectivity index (χ3v) is 15.2. The number of carbonyl (C=O) groups is 4. The number of aromatic nitrogens is 2. The van der Waals surface area contributed by atoms with E-state index in [0.29, 0.717) is 18.3 Å². The van der Waals surface area contributed by atoms with Crippen LogP contribution in [-0.2, 0) is 25.7 Å². The standard InChI is InChI=1S/C41H60N4O6/c1-24(2)32-27(46)20-41(45-35(50)43-22-25-14-19-42-23-44-25)18-17-39(8)26(33(32)41)10-11-29-38(7)15-13-30(51-31(47)21-36(3,4)34(48)49)37(5,6)28(38)12-16-40(29,39)9/h14,19,23-24,26,28-30H,10-13,15-18,20-22H2,1-9H3,(H,48,49)(H2,43,45,50)/t26?,28?,29?,30-,38-,39+,40+,41+/m0/s1. The van der Waals surface area contributed by atoms with Crippen LogP contribution in [0.4, 0.5) is 4.79 Å². The Morgan fingerprint density at radius 2 is 1.71 bits per heavy atom. The summed E-state index contributed by atoms with van der Waals surface area (Å²) in [4.78, 5) is 60.4. The average molecular weight is 705 g/mol. The average Bonchev–Trinajstić information content (AvgIpc) is 3.33. The van der Waals surface area contributed by atoms with Crippen LogP contribution in [-0.4, -0.2) is 50.5 Å². The van der Waals surface area contributed by atoms with Crippen molar-refractivity contribution in [1.82, 2.24) is 20.6 Å². The highest BCUT2D eigenvalue weighted by Crippen LogP contribution is 2.76. The molecule has 51 heavy (non-hydrogen) atoms. The molecule has 5 aliphatic carbocycles. The van der Waals surface area contributed by atoms with Gasteiger partial charge in [0.05, 0.1) is 29.6 Å². The van der Waals surface area contributed by atoms with Crippen molar-refractivity contribution in [3.8, 4) is 0 Å². The van der Waals surface area contributed by atoms with Gasteiger partial charge in [0, 0.05) is 18.0 Å². The number of fused-ring (bicyclic) bond motifs is 7. The molecule has 4 saturated carbocycles. The first-order chi connectivity index (χ1) is 23.7. The van der Waals surface area contributed by atoms with Gasteiger partial charge in [-0.3, -0.25) is 14.4 Å². The fourth-order valence-electron chi connectivity index (χ4n) is 12.4. The number of allylic oxidation sites excluding steroid dienone is 1. The highest BCUT2D eigenvalue weighted by Gasteiger charge is 2.70. The molecule has 280 valence electrons. The van der Waals surface area contributed by atoms with Gasteiger partial charge in [0.2, 0.25) is 0 Å². The lowest BCUT2D eigenvalue weighted by molar-refractivity contribution is -0.232. The second-order valence-electron chi connectivity index (χ2n) is 19.0. The number of carboxylic acids is 1. The van der Waals surface area contributed by atoms with Gasteiger partial charge >= 0.3 is 18.0 Å². The minimum Gasteiger partial charge on any atom is -0.481 e. The number of amides is 2. The van der Waals surface area contributed by atoms with Crippen molar-refractivity contribution in [3.05, 3.63) is 35.4 Å². The van der Waals surface area contributed by atoms with E-state index in [1.165, 1.54) is 11.9 Å². The SMILES string of the molecule is CC(C)C1=C2C3CCC4[C@@]5(C)CC[C@H](OC(=O)CC(C)(C)C(=O)O)C(C)(C)C5CC[C@@]4(C)[C@]3(C)CC[C@@]2(NC(=O)NCc2ccncn2)CC1=O. The van der Waals surface area contributed by atoms with Crippen molar-refractivity contribution in [2.45, 2.75) is 145 Å². The van der Waals surface area contributed by atoms with Gasteiger partial charge in [-0.25, -0.2) is 14.8 Å². The van der Waals surface area contributed by atoms with Gasteiger partial charge in [-0.1, -0.05) is 48.5 Å². The Morgan fingerprint density at radius 1 is 0.980 bits per heavy atom. The van der Waals surface area contributed by atoms with Crippen LogP contribution in [0.15, 0.2) is 29.7 Å². The molecule has 1 aromatic heterocycles. The summed E-state index contributed by atoms with van der Waals surface area (Å²) in [6, 6.07) is 1.51. The number of nitrogens with zero attached hydrogens (tertiary/aromatic N) is 2. The van der Waals surface area contributed by atoms with Gasteiger partial charge in [-0.05, 0) is 122 Å². The number of hydrogen-bond donors (Lipinski definition) is 3. The molecule has 3 unspecified atom stereocenters. The zero-order chi connectivity index (χ0) is 37.4. The topological polar surface area (TPSA) is 148 Å². The van der Waals surface area contributed by atoms with E-state index in [9.17, 15) is 24.3 Å². The first kappa shape index (κ1) is 37.5. The molecule has 10 nitrogen and oxygen atoms in total. The molecular weight excluding hydrogens is 644 g/mol. The number of hydrogen-bond acceptors (Lipinski definition) is 7. The molecule has 5 aliphatic rings. The number of Topliss-reactive ketones (excluding diaryl/α,β-unsaturated/α-hetero) is 1. The summed E-state index contributed by atoms with van der Waals surface area (Å²) in [5, 5.41) is 16.0. The predicted octanol–water partition coefficient (Wildman–Crippen LogP) is 7.42. The molecule has 1 aromatic rings. The number of rotatable bonds is 8. The van der Waals surface area contributed by atoms with E-state index in [0.717, 1.165) is 62.6 Å². The van der Waals surface area contributed by atoms with Crippen LogP contribution in [0.25, 0.3) is 0 Å². The largest absolute Gasteiger partial charge is 0.481 e. The minimum absolute atomic E-state index is 0.0223. The van der Waals surface area contributed by atoms with Gasteiger partial charge in [0.25, 0.3) is 0 Å². The molecule has 0 aromatic carbocycles. The van der Waals surface area contributed by atoms with Crippen molar-refractivity contribution in [2.24, 2.45) is 50.7 Å². The van der Waals surface area contributed by atoms with Crippen molar-refractivity contribution in [1.29, 1.82) is 0 Å². The molecule has 0 radical (unpaired) electrons. The molecule has 0 aliphatic heterocycles. The van der Waals surface area contributed by atoms with Gasteiger partial charge in [-0.2, -0.15) is 0 Å². The third-order valence-electron chi connectivity index (χ3n) is 15.2. The summed E-state index contributed by atoms with van der Waals surface area (Å²) < 4.78 is 6.14. The zero-order valence-corrected chi connectivity index (χ0v) is 32.3. The highest BCUT2D eigenvalue weighted by atomic mass is 16.5. The van der Waals surface area contributed by atoms with E-state index in [1.807, 2.05) is 0 Å². The molecule has 0 spiro atoms. The van der Waals surface area contributed by atoms with Crippen LogP contribution in [0.3, 0.4) is 0 Å². The maximum absolute atomic E-state index is 13.9. The van der Waals surface area contributed by atoms with Crippen molar-refractivity contribution in [2.75, 3.05) is 0 Å². The predicted molar refractivity (Wildman–Crippen MR) is 193 cm³/mol. The summed E-state index contributed by atoms with van der Waals surface area (Å²) in [5.74, 6) is -0.179. The quantitative estimate of drug-likeness (QED) is 0.237. The normalized spacial score (nSPS) is 37.1. The molecule has 2 amide bonds. The fraction of sp³-hybridized carbons (Fsp3) is 0.756. The number of aliphatic carboxylic acids is 1. The van der Waals surface area contributed by atoms with E-state index in [1.54, 1.807) is 26.1 Å². The molecular formula is C41H60N4O6. The van der Waals surface area contributed by atoms with Gasteiger partial charge < -0.3 is 20.5 Å². The number of esters is 1. The zero-order valence-electron chi connectivity index (χ0n) is 32.3. The first-order valence-electron chi connectivity index (χ1n) is 19.2. The molecule has 6 rings (SSSR count). The minimum atomic E-state index is -1.17. The smallest absolute Gasteiger partial charge is 0.315 e. The summed E-state index contributed by atoms with van der Waals surface area (Å²) >= 11 is 0. The second kappa shape index (κ2) is 12.7. The van der Waals surface area contributed by atoms with Gasteiger partial charge in [0.1, 0.15) is 12.4 Å². The molecule has 0 bridgehead atoms. The molecule has 0 saturated heterocycles. The molecule has 1 heterocycles. The van der Waals surface area contributed by atoms with Crippen LogP contribution < -0.4 is 10.6 Å². The Hall–Kier alpha value is -3.30. The lowest BCUT2D eigenvalue weighted by atomic mass is 9.33. The summed E-state index contributed by atoms with van der Waals surface area (Å²) in [6.45, 7) is 19.7. The number of nitrogens with one attached hydrogen (secondary N) is 2. The summed E-state index contributed by atoms with van der Waals surface area (Å²) in [5.41, 5.74) is 0.750. The number of carboxylic acid groups (broad SMARTS) is 1. The van der Waals surface area contributed by atoms with Gasteiger partial charge in [-0.15, -0.1) is 0 Å². The Kier molecular flexibility index (Phi) is 9.31. The third kappa shape index (κ3) is 5.91. The Morgan fingerprint density at radius 3 is 2.35 bits per heavy atom. The van der Waals surface area contributed by atoms with Crippen LogP contribution in [0.2, 0.25) is 0 Å². The van der Waals surface area contributed by atoms with Crippen LogP contribution in [0, 0.1) is 50.7 Å². The first-order valence-corrected chi connectivity index (χ1v) is 19.2. The van der Waals surface area contributed by atoms with E-state index in [2.05, 4.69) is 69.1 Å². The maximum Gasteiger partial charge on any atom is 0.315 e. The Bertz CT molecular complexity index is 1620. The summed E-state index contributed by atoms with van der Waals surface area (Å²) in [7, 11) is 0. The molecule has 3 N–H and O–H groups in total. The summed E-state index contributed by atoms with van der Waals surface area (Å²) in [6.07, 6.45) is 10.5. The number of urea groups is 1. The van der Waals surface area contributed by atoms with Crippen LogP contribution in [0.5, 0.6) is 0 Å². The highest BCUT2D eigenvalue weighted by molar-refractivity contribution is 6.02. The lowest BCUT2D eigenvalue weighted by Crippen LogP contribution is -2.67. The molecule has 8 atom stereocenters. The monoisotopic (exact) mass is 704 g/mol.